The summed E-state index contributed by atoms with van der Waals surface area (Å²) in [6.07, 6.45) is 2.86. The summed E-state index contributed by atoms with van der Waals surface area (Å²) in [5.74, 6) is 1.21. The van der Waals surface area contributed by atoms with Crippen LogP contribution in [-0.2, 0) is 17.8 Å². The number of thioether (sulfide) groups is 1. The number of carbonyl (C=O) groups excluding carboxylic acids is 1. The number of hydrogen-bond acceptors (Lipinski definition) is 7. The van der Waals surface area contributed by atoms with Gasteiger partial charge < -0.3 is 9.47 Å². The lowest BCUT2D eigenvalue weighted by molar-refractivity contribution is -0.0379. The molecule has 37 heavy (non-hydrogen) atoms. The summed E-state index contributed by atoms with van der Waals surface area (Å²) in [7, 11) is 0. The predicted octanol–water partition coefficient (Wildman–Crippen LogP) is 7.50. The Hall–Kier alpha value is -2.81. The van der Waals surface area contributed by atoms with Crippen molar-refractivity contribution in [2.45, 2.75) is 57.3 Å². The molecule has 0 amide bonds. The maximum absolute atomic E-state index is 13.3. The Morgan fingerprint density at radius 3 is 2.62 bits per heavy atom. The molecule has 0 atom stereocenters. The first-order valence-electron chi connectivity index (χ1n) is 12.4. The smallest absolute Gasteiger partial charge is 0.173 e. The number of ether oxygens (including phenoxy) is 2. The molecule has 8 heteroatoms. The molecule has 3 heterocycles. The molecule has 5 nitrogen and oxygen atoms in total. The highest BCUT2D eigenvalue weighted by Crippen LogP contribution is 2.42. The van der Waals surface area contributed by atoms with Crippen LogP contribution >= 0.6 is 23.1 Å². The summed E-state index contributed by atoms with van der Waals surface area (Å²) in [6, 6.07) is 13.5. The third-order valence-electron chi connectivity index (χ3n) is 6.28. The van der Waals surface area contributed by atoms with Crippen LogP contribution in [0.3, 0.4) is 0 Å². The summed E-state index contributed by atoms with van der Waals surface area (Å²) < 4.78 is 25.2. The first-order valence-corrected chi connectivity index (χ1v) is 14.2. The van der Waals surface area contributed by atoms with Gasteiger partial charge in [0.15, 0.2) is 11.6 Å². The fraction of sp³-hybridized carbons (Fsp3) is 0.345. The monoisotopic (exact) mass is 536 g/mol. The van der Waals surface area contributed by atoms with E-state index in [9.17, 15) is 9.18 Å². The Balaban J connectivity index is 1.49. The van der Waals surface area contributed by atoms with Crippen LogP contribution in [0.5, 0.6) is 5.75 Å². The van der Waals surface area contributed by atoms with Gasteiger partial charge >= 0.3 is 0 Å². The number of aromatic nitrogens is 2. The second-order valence-corrected chi connectivity index (χ2v) is 11.8. The Kier molecular flexibility index (Phi) is 7.60. The number of nitrogens with zero attached hydrogens (tertiary/aromatic N) is 2. The third-order valence-corrected chi connectivity index (χ3v) is 8.36. The summed E-state index contributed by atoms with van der Waals surface area (Å²) in [5.41, 5.74) is 2.30. The molecule has 5 rings (SSSR count). The minimum Gasteiger partial charge on any atom is -0.494 e. The summed E-state index contributed by atoms with van der Waals surface area (Å²) in [5, 5.41) is 1.80. The van der Waals surface area contributed by atoms with Gasteiger partial charge in [-0.1, -0.05) is 25.1 Å². The Bertz CT molecular complexity index is 1420. The Labute approximate surface area is 224 Å². The average Bonchev–Trinajstić information content (AvgIpc) is 3.25. The predicted molar refractivity (Wildman–Crippen MR) is 147 cm³/mol. The summed E-state index contributed by atoms with van der Waals surface area (Å²) >= 11 is 3.04. The molecule has 0 fully saturated rings. The van der Waals surface area contributed by atoms with Gasteiger partial charge in [0, 0.05) is 27.8 Å². The van der Waals surface area contributed by atoms with E-state index in [0.717, 1.165) is 50.7 Å². The van der Waals surface area contributed by atoms with E-state index in [1.54, 1.807) is 11.3 Å². The third kappa shape index (κ3) is 5.87. The SMILES string of the molecule is CCCCOc1ccc(-c2nc(SCC(=O)c3ccc(F)cc3)c3c4c(sc3n2)COC(C)(C)C4)cc1. The van der Waals surface area contributed by atoms with Crippen LogP contribution in [0.15, 0.2) is 53.6 Å². The molecule has 4 aromatic rings. The van der Waals surface area contributed by atoms with Gasteiger partial charge in [0.05, 0.1) is 24.6 Å². The zero-order valence-electron chi connectivity index (χ0n) is 21.2. The summed E-state index contributed by atoms with van der Waals surface area (Å²) in [6.45, 7) is 7.55. The number of halogens is 1. The average molecular weight is 537 g/mol. The van der Waals surface area contributed by atoms with Crippen molar-refractivity contribution >= 4 is 39.1 Å². The van der Waals surface area contributed by atoms with Crippen molar-refractivity contribution in [2.75, 3.05) is 12.4 Å². The van der Waals surface area contributed by atoms with Crippen LogP contribution in [0.1, 0.15) is 54.4 Å². The maximum atomic E-state index is 13.3. The molecule has 2 aromatic carbocycles. The van der Waals surface area contributed by atoms with E-state index in [4.69, 9.17) is 19.4 Å². The van der Waals surface area contributed by atoms with Crippen molar-refractivity contribution in [3.8, 4) is 17.1 Å². The first-order chi connectivity index (χ1) is 17.8. The quantitative estimate of drug-likeness (QED) is 0.0955. The number of rotatable bonds is 9. The van der Waals surface area contributed by atoms with E-state index in [2.05, 4.69) is 20.8 Å². The molecule has 0 N–H and O–H groups in total. The lowest BCUT2D eigenvalue weighted by Crippen LogP contribution is -2.31. The van der Waals surface area contributed by atoms with Gasteiger partial charge in [0.25, 0.3) is 0 Å². The molecule has 1 aliphatic rings. The van der Waals surface area contributed by atoms with Crippen LogP contribution < -0.4 is 4.74 Å². The van der Waals surface area contributed by atoms with E-state index < -0.39 is 0 Å². The molecule has 1 aliphatic heterocycles. The second-order valence-electron chi connectivity index (χ2n) is 9.71. The largest absolute Gasteiger partial charge is 0.494 e. The Morgan fingerprint density at radius 1 is 1.14 bits per heavy atom. The van der Waals surface area contributed by atoms with Crippen LogP contribution in [0.25, 0.3) is 21.6 Å². The van der Waals surface area contributed by atoms with Crippen LogP contribution in [0, 0.1) is 5.82 Å². The van der Waals surface area contributed by atoms with Gasteiger partial charge in [-0.25, -0.2) is 14.4 Å². The lowest BCUT2D eigenvalue weighted by atomic mass is 9.94. The molecule has 0 bridgehead atoms. The van der Waals surface area contributed by atoms with E-state index in [0.29, 0.717) is 24.6 Å². The van der Waals surface area contributed by atoms with Crippen LogP contribution in [0.4, 0.5) is 4.39 Å². The van der Waals surface area contributed by atoms with Gasteiger partial charge in [-0.15, -0.1) is 11.3 Å². The van der Waals surface area contributed by atoms with Gasteiger partial charge in [-0.2, -0.15) is 0 Å². The van der Waals surface area contributed by atoms with Crippen LogP contribution in [-0.4, -0.2) is 33.7 Å². The Morgan fingerprint density at radius 2 is 1.89 bits per heavy atom. The number of thiophene rings is 1. The molecule has 0 unspecified atom stereocenters. The summed E-state index contributed by atoms with van der Waals surface area (Å²) in [4.78, 5) is 24.8. The van der Waals surface area contributed by atoms with Gasteiger partial charge in [-0.3, -0.25) is 4.79 Å². The van der Waals surface area contributed by atoms with Crippen molar-refractivity contribution in [3.05, 3.63) is 70.4 Å². The van der Waals surface area contributed by atoms with E-state index in [1.165, 1.54) is 41.6 Å². The van der Waals surface area contributed by atoms with Crippen molar-refractivity contribution in [1.29, 1.82) is 0 Å². The molecule has 2 aromatic heterocycles. The lowest BCUT2D eigenvalue weighted by Gasteiger charge is -2.30. The second kappa shape index (κ2) is 10.9. The highest BCUT2D eigenvalue weighted by atomic mass is 32.2. The number of fused-ring (bicyclic) bond motifs is 3. The number of carbonyl (C=O) groups is 1. The first kappa shape index (κ1) is 25.8. The van der Waals surface area contributed by atoms with Gasteiger partial charge in [-0.05, 0) is 74.4 Å². The zero-order valence-corrected chi connectivity index (χ0v) is 22.8. The van der Waals surface area contributed by atoms with Crippen molar-refractivity contribution in [3.63, 3.8) is 0 Å². The minimum absolute atomic E-state index is 0.0698. The van der Waals surface area contributed by atoms with Crippen molar-refractivity contribution in [1.82, 2.24) is 9.97 Å². The topological polar surface area (TPSA) is 61.3 Å². The van der Waals surface area contributed by atoms with Crippen molar-refractivity contribution in [2.24, 2.45) is 0 Å². The number of unbranched alkanes of at least 4 members (excludes halogenated alkanes) is 1. The molecule has 0 saturated heterocycles. The molecular weight excluding hydrogens is 507 g/mol. The minimum atomic E-state index is -0.358. The van der Waals surface area contributed by atoms with E-state index >= 15 is 0 Å². The number of ketones is 1. The van der Waals surface area contributed by atoms with Crippen LogP contribution in [0.2, 0.25) is 0 Å². The highest BCUT2D eigenvalue weighted by Gasteiger charge is 2.31. The molecule has 0 saturated carbocycles. The molecular formula is C29H29FN2O3S2. The van der Waals surface area contributed by atoms with E-state index in [1.807, 2.05) is 24.3 Å². The normalized spacial score (nSPS) is 14.5. The number of benzene rings is 2. The zero-order chi connectivity index (χ0) is 26.0. The molecule has 0 radical (unpaired) electrons. The number of Topliss-reactive ketones (excluding diaryl/α,β-unsaturated/α-hetero) is 1. The molecule has 0 aliphatic carbocycles. The fourth-order valence-electron chi connectivity index (χ4n) is 4.23. The fourth-order valence-corrected chi connectivity index (χ4v) is 6.35. The van der Waals surface area contributed by atoms with Gasteiger partial charge in [0.2, 0.25) is 0 Å². The standard InChI is InChI=1S/C29H29FN2O3S2/c1-4-5-14-34-21-12-8-19(9-13-21)26-31-27(36-17-23(33)18-6-10-20(30)11-7-18)25-22-15-29(2,3)35-16-24(22)37-28(25)32-26/h6-13H,4-5,14-17H2,1-3H3. The van der Waals surface area contributed by atoms with Gasteiger partial charge in [0.1, 0.15) is 21.4 Å². The highest BCUT2D eigenvalue weighted by molar-refractivity contribution is 8.00. The molecule has 0 spiro atoms. The van der Waals surface area contributed by atoms with Crippen molar-refractivity contribution < 1.29 is 18.7 Å². The molecule has 192 valence electrons. The maximum Gasteiger partial charge on any atom is 0.173 e. The number of hydrogen-bond donors (Lipinski definition) is 0. The van der Waals surface area contributed by atoms with E-state index in [-0.39, 0.29) is 23.0 Å².